The van der Waals surface area contributed by atoms with Gasteiger partial charge in [0.2, 0.25) is 5.91 Å². The Morgan fingerprint density at radius 3 is 2.65 bits per heavy atom. The Hall–Kier alpha value is -3.94. The van der Waals surface area contributed by atoms with Gasteiger partial charge in [-0.15, -0.1) is 0 Å². The van der Waals surface area contributed by atoms with Gasteiger partial charge in [0.1, 0.15) is 12.3 Å². The number of hydrogen-bond donors (Lipinski definition) is 2. The van der Waals surface area contributed by atoms with E-state index in [2.05, 4.69) is 15.6 Å². The molecule has 2 N–H and O–H groups in total. The first-order valence-electron chi connectivity index (χ1n) is 10.5. The van der Waals surface area contributed by atoms with E-state index in [0.717, 1.165) is 29.2 Å². The van der Waals surface area contributed by atoms with Gasteiger partial charge >= 0.3 is 12.1 Å². The minimum atomic E-state index is -4.57. The van der Waals surface area contributed by atoms with Crippen molar-refractivity contribution in [2.24, 2.45) is 0 Å². The third kappa shape index (κ3) is 7.77. The van der Waals surface area contributed by atoms with Crippen molar-refractivity contribution in [3.8, 4) is 5.75 Å². The van der Waals surface area contributed by atoms with Gasteiger partial charge < -0.3 is 25.1 Å². The maximum absolute atomic E-state index is 14.4. The Morgan fingerprint density at radius 1 is 1.19 bits per heavy atom. The van der Waals surface area contributed by atoms with Crippen LogP contribution in [0.25, 0.3) is 0 Å². The number of aromatic nitrogens is 3. The van der Waals surface area contributed by atoms with Crippen LogP contribution in [0.1, 0.15) is 11.3 Å². The molecular weight excluding hydrogens is 529 g/mol. The molecule has 0 aliphatic heterocycles. The van der Waals surface area contributed by atoms with Gasteiger partial charge in [0.15, 0.2) is 18.6 Å². The number of anilines is 1. The van der Waals surface area contributed by atoms with Crippen molar-refractivity contribution < 1.29 is 36.2 Å². The minimum absolute atomic E-state index is 0.00220. The molecule has 15 heteroatoms. The zero-order chi connectivity index (χ0) is 27.2. The van der Waals surface area contributed by atoms with Gasteiger partial charge in [-0.3, -0.25) is 9.59 Å². The normalized spacial score (nSPS) is 11.7. The summed E-state index contributed by atoms with van der Waals surface area (Å²) < 4.78 is 71.9. The standard InChI is InChI=1S/C22H19ClF5N5O4/c23-15-4-5-16(37-13-22(26,27)28)14(9-15)10-30-18(34)11-32-8-6-29-19(20(32)35)31-12-21(24,25)17-3-1-2-7-33(17)36/h1-9H,10-13H2,(H,29,31)(H,30,34). The number of nitrogens with zero attached hydrogens (tertiary/aromatic N) is 3. The maximum atomic E-state index is 14.4. The fourth-order valence-electron chi connectivity index (χ4n) is 3.08. The second-order valence-corrected chi connectivity index (χ2v) is 8.05. The number of ether oxygens (including phenoxy) is 1. The highest BCUT2D eigenvalue weighted by Crippen LogP contribution is 2.26. The lowest BCUT2D eigenvalue weighted by Gasteiger charge is -2.16. The second kappa shape index (κ2) is 11.4. The molecule has 1 aromatic carbocycles. The molecule has 3 rings (SSSR count). The molecule has 0 spiro atoms. The van der Waals surface area contributed by atoms with Crippen molar-refractivity contribution in [1.29, 1.82) is 0 Å². The zero-order valence-corrected chi connectivity index (χ0v) is 19.5. The molecule has 0 saturated heterocycles. The third-order valence-corrected chi connectivity index (χ3v) is 5.03. The Bertz CT molecular complexity index is 1320. The van der Waals surface area contributed by atoms with Gasteiger partial charge in [-0.25, -0.2) is 4.98 Å². The smallest absolute Gasteiger partial charge is 0.422 e. The number of carbonyl (C=O) groups is 1. The van der Waals surface area contributed by atoms with E-state index in [4.69, 9.17) is 16.3 Å². The zero-order valence-electron chi connectivity index (χ0n) is 18.8. The summed E-state index contributed by atoms with van der Waals surface area (Å²) in [5, 5.41) is 16.4. The molecule has 0 bridgehead atoms. The van der Waals surface area contributed by atoms with Crippen LogP contribution in [-0.4, -0.2) is 34.8 Å². The van der Waals surface area contributed by atoms with Crippen molar-refractivity contribution in [1.82, 2.24) is 14.9 Å². The average Bonchev–Trinajstić information content (AvgIpc) is 2.82. The van der Waals surface area contributed by atoms with Gasteiger partial charge in [0.05, 0.1) is 6.54 Å². The van der Waals surface area contributed by atoms with Gasteiger partial charge in [-0.2, -0.15) is 26.7 Å². The molecule has 1 amide bonds. The average molecular weight is 548 g/mol. The van der Waals surface area contributed by atoms with Crippen LogP contribution >= 0.6 is 11.6 Å². The van der Waals surface area contributed by atoms with Gasteiger partial charge in [0, 0.05) is 41.7 Å². The highest BCUT2D eigenvalue weighted by atomic mass is 35.5. The highest BCUT2D eigenvalue weighted by Gasteiger charge is 2.39. The fourth-order valence-corrected chi connectivity index (χ4v) is 3.28. The number of amides is 1. The summed E-state index contributed by atoms with van der Waals surface area (Å²) in [5.74, 6) is -4.99. The lowest BCUT2D eigenvalue weighted by Crippen LogP contribution is -2.41. The third-order valence-electron chi connectivity index (χ3n) is 4.79. The van der Waals surface area contributed by atoms with Crippen LogP contribution in [0.2, 0.25) is 5.02 Å². The molecule has 3 aromatic rings. The molecule has 0 aliphatic carbocycles. The molecule has 0 radical (unpaired) electrons. The number of rotatable bonds is 10. The highest BCUT2D eigenvalue weighted by molar-refractivity contribution is 6.30. The molecule has 0 fully saturated rings. The first-order chi connectivity index (χ1) is 17.4. The topological polar surface area (TPSA) is 112 Å². The number of benzene rings is 1. The summed E-state index contributed by atoms with van der Waals surface area (Å²) >= 11 is 5.88. The number of carbonyl (C=O) groups excluding carboxylic acids is 1. The maximum Gasteiger partial charge on any atom is 0.422 e. The number of halogens is 6. The Kier molecular flexibility index (Phi) is 8.53. The lowest BCUT2D eigenvalue weighted by molar-refractivity contribution is -0.624. The van der Waals surface area contributed by atoms with Crippen LogP contribution in [0.15, 0.2) is 59.8 Å². The van der Waals surface area contributed by atoms with Crippen molar-refractivity contribution >= 4 is 23.3 Å². The first-order valence-corrected chi connectivity index (χ1v) is 10.8. The minimum Gasteiger partial charge on any atom is -0.618 e. The van der Waals surface area contributed by atoms with Crippen LogP contribution in [0.3, 0.4) is 0 Å². The molecule has 198 valence electrons. The monoisotopic (exact) mass is 547 g/mol. The predicted molar refractivity (Wildman–Crippen MR) is 121 cm³/mol. The Morgan fingerprint density at radius 2 is 1.95 bits per heavy atom. The molecule has 2 aromatic heterocycles. The van der Waals surface area contributed by atoms with Crippen LogP contribution in [-0.2, 0) is 23.8 Å². The van der Waals surface area contributed by atoms with Crippen LogP contribution < -0.4 is 25.7 Å². The Balaban J connectivity index is 1.64. The van der Waals surface area contributed by atoms with E-state index in [1.807, 2.05) is 0 Å². The fraction of sp³-hybridized carbons (Fsp3) is 0.273. The lowest BCUT2D eigenvalue weighted by atomic mass is 10.2. The number of hydrogen-bond acceptors (Lipinski definition) is 6. The summed E-state index contributed by atoms with van der Waals surface area (Å²) in [7, 11) is 0. The molecule has 0 saturated carbocycles. The van der Waals surface area contributed by atoms with Gasteiger partial charge in [0.25, 0.3) is 11.3 Å². The largest absolute Gasteiger partial charge is 0.618 e. The SMILES string of the molecule is O=C(Cn1ccnc(NCC(F)(F)c2cccc[n+]2[O-])c1=O)NCc1cc(Cl)ccc1OCC(F)(F)F. The number of pyridine rings is 1. The Labute approximate surface area is 211 Å². The number of nitrogens with one attached hydrogen (secondary N) is 2. The molecular formula is C22H19ClF5N5O4. The molecule has 0 aliphatic rings. The van der Waals surface area contributed by atoms with Gasteiger partial charge in [-0.1, -0.05) is 11.6 Å². The van der Waals surface area contributed by atoms with Crippen molar-refractivity contribution in [3.05, 3.63) is 86.8 Å². The summed E-state index contributed by atoms with van der Waals surface area (Å²) in [5.41, 5.74) is -1.57. The first kappa shape index (κ1) is 27.6. The summed E-state index contributed by atoms with van der Waals surface area (Å²) in [4.78, 5) is 28.7. The van der Waals surface area contributed by atoms with E-state index in [-0.39, 0.29) is 27.6 Å². The second-order valence-electron chi connectivity index (χ2n) is 7.61. The summed E-state index contributed by atoms with van der Waals surface area (Å²) in [6, 6.07) is 7.34. The van der Waals surface area contributed by atoms with E-state index in [0.29, 0.717) is 0 Å². The molecule has 9 nitrogen and oxygen atoms in total. The van der Waals surface area contributed by atoms with Crippen molar-refractivity contribution in [2.75, 3.05) is 18.5 Å². The van der Waals surface area contributed by atoms with Crippen molar-refractivity contribution in [3.63, 3.8) is 0 Å². The molecule has 0 unspecified atom stereocenters. The van der Waals surface area contributed by atoms with Crippen molar-refractivity contribution in [2.45, 2.75) is 25.2 Å². The number of alkyl halides is 5. The molecule has 37 heavy (non-hydrogen) atoms. The van der Waals surface area contributed by atoms with E-state index in [1.165, 1.54) is 30.3 Å². The van der Waals surface area contributed by atoms with Crippen LogP contribution in [0.4, 0.5) is 27.8 Å². The van der Waals surface area contributed by atoms with E-state index >= 15 is 0 Å². The summed E-state index contributed by atoms with van der Waals surface area (Å²) in [6.45, 7) is -3.48. The molecule has 0 atom stereocenters. The van der Waals surface area contributed by atoms with Gasteiger partial charge in [-0.05, 0) is 24.3 Å². The quantitative estimate of drug-likeness (QED) is 0.229. The van der Waals surface area contributed by atoms with Crippen LogP contribution in [0, 0.1) is 5.21 Å². The predicted octanol–water partition coefficient (Wildman–Crippen LogP) is 2.99. The molecule has 2 heterocycles. The summed E-state index contributed by atoms with van der Waals surface area (Å²) in [6.07, 6.45) is -1.42. The van der Waals surface area contributed by atoms with E-state index < -0.39 is 54.8 Å². The van der Waals surface area contributed by atoms with E-state index in [1.54, 1.807) is 0 Å². The van der Waals surface area contributed by atoms with E-state index in [9.17, 15) is 36.7 Å². The van der Waals surface area contributed by atoms with Crippen LogP contribution in [0.5, 0.6) is 5.75 Å².